The van der Waals surface area contributed by atoms with E-state index in [1.165, 1.54) is 7.11 Å². The average Bonchev–Trinajstić information content (AvgIpc) is 2.52. The third kappa shape index (κ3) is 6.71. The van der Waals surface area contributed by atoms with E-state index in [-0.39, 0.29) is 12.4 Å². The largest absolute Gasteiger partial charge is 0.467 e. The highest BCUT2D eigenvalue weighted by molar-refractivity contribution is 7.85. The number of alkyl carbamates (subject to hydrolysis) is 1. The number of carbonyl (C=O) groups excluding carboxylic acids is 2. The molecule has 0 aromatic heterocycles. The summed E-state index contributed by atoms with van der Waals surface area (Å²) >= 11 is 0. The summed E-state index contributed by atoms with van der Waals surface area (Å²) < 4.78 is 21.4. The maximum absolute atomic E-state index is 11.7. The molecule has 1 aromatic rings. The monoisotopic (exact) mass is 327 g/mol. The number of benzene rings is 1. The van der Waals surface area contributed by atoms with E-state index in [4.69, 9.17) is 4.74 Å². The molecule has 0 aliphatic carbocycles. The summed E-state index contributed by atoms with van der Waals surface area (Å²) in [7, 11) is 0.0176. The smallest absolute Gasteiger partial charge is 0.408 e. The molecule has 1 unspecified atom stereocenters. The van der Waals surface area contributed by atoms with Gasteiger partial charge < -0.3 is 14.8 Å². The normalized spacial score (nSPS) is 13.0. The molecule has 2 atom stereocenters. The summed E-state index contributed by atoms with van der Waals surface area (Å²) in [6.07, 6.45) is -0.00775. The minimum Gasteiger partial charge on any atom is -0.467 e. The van der Waals surface area contributed by atoms with Gasteiger partial charge in [-0.15, -0.1) is 0 Å². The van der Waals surface area contributed by atoms with Crippen molar-refractivity contribution in [3.63, 3.8) is 0 Å². The van der Waals surface area contributed by atoms with E-state index < -0.39 is 28.9 Å². The highest BCUT2D eigenvalue weighted by atomic mass is 32.2. The number of rotatable bonds is 8. The summed E-state index contributed by atoms with van der Waals surface area (Å²) in [6.45, 7) is 1.99. The molecule has 22 heavy (non-hydrogen) atoms. The summed E-state index contributed by atoms with van der Waals surface area (Å²) in [5, 5.41) is 2.40. The quantitative estimate of drug-likeness (QED) is 0.734. The molecule has 0 radical (unpaired) electrons. The highest BCUT2D eigenvalue weighted by Crippen LogP contribution is 2.02. The van der Waals surface area contributed by atoms with Gasteiger partial charge in [0, 0.05) is 16.6 Å². The molecule has 7 heteroatoms. The highest BCUT2D eigenvalue weighted by Gasteiger charge is 2.24. The predicted molar refractivity (Wildman–Crippen MR) is 83.7 cm³/mol. The van der Waals surface area contributed by atoms with Crippen molar-refractivity contribution >= 4 is 22.9 Å². The minimum atomic E-state index is -1.20. The molecule has 0 fully saturated rings. The van der Waals surface area contributed by atoms with Crippen LogP contribution in [-0.4, -0.2) is 40.9 Å². The number of hydrogen-bond donors (Lipinski definition) is 1. The van der Waals surface area contributed by atoms with Gasteiger partial charge in [0.1, 0.15) is 12.6 Å². The topological polar surface area (TPSA) is 81.7 Å². The molecule has 0 aliphatic heterocycles. The molecule has 0 saturated heterocycles. The van der Waals surface area contributed by atoms with Crippen LogP contribution in [0.5, 0.6) is 0 Å². The van der Waals surface area contributed by atoms with Gasteiger partial charge in [0.15, 0.2) is 0 Å². The molecular formula is C15H21NO5S. The molecule has 1 N–H and O–H groups in total. The first kappa shape index (κ1) is 18.2. The van der Waals surface area contributed by atoms with Gasteiger partial charge in [0.2, 0.25) is 0 Å². The Morgan fingerprint density at radius 1 is 1.27 bits per heavy atom. The molecular weight excluding hydrogens is 306 g/mol. The first-order chi connectivity index (χ1) is 10.6. The SMILES string of the molecule is CCCS(=O)C[C@H](NC(=O)OCc1ccccc1)C(=O)OC. The molecule has 6 nitrogen and oxygen atoms in total. The Labute approximate surface area is 132 Å². The maximum atomic E-state index is 11.7. The zero-order valence-corrected chi connectivity index (χ0v) is 13.6. The molecule has 0 spiro atoms. The average molecular weight is 327 g/mol. The Kier molecular flexibility index (Phi) is 8.21. The van der Waals surface area contributed by atoms with E-state index in [9.17, 15) is 13.8 Å². The number of hydrogen-bond acceptors (Lipinski definition) is 5. The van der Waals surface area contributed by atoms with Crippen molar-refractivity contribution in [1.29, 1.82) is 0 Å². The van der Waals surface area contributed by atoms with E-state index >= 15 is 0 Å². The number of amides is 1. The number of nitrogens with one attached hydrogen (secondary N) is 1. The second-order valence-corrected chi connectivity index (χ2v) is 6.21. The molecule has 0 heterocycles. The molecule has 1 aromatic carbocycles. The van der Waals surface area contributed by atoms with E-state index in [1.807, 2.05) is 37.3 Å². The van der Waals surface area contributed by atoms with Crippen LogP contribution in [0, 0.1) is 0 Å². The zero-order valence-electron chi connectivity index (χ0n) is 12.7. The number of ether oxygens (including phenoxy) is 2. The van der Waals surface area contributed by atoms with Gasteiger partial charge in [-0.25, -0.2) is 9.59 Å². The maximum Gasteiger partial charge on any atom is 0.408 e. The zero-order chi connectivity index (χ0) is 16.4. The molecule has 0 aliphatic rings. The summed E-state index contributed by atoms with van der Waals surface area (Å²) in [5.41, 5.74) is 0.835. The number of carbonyl (C=O) groups is 2. The van der Waals surface area contributed by atoms with Crippen LogP contribution in [0.15, 0.2) is 30.3 Å². The predicted octanol–water partition coefficient (Wildman–Crippen LogP) is 1.61. The Hall–Kier alpha value is -1.89. The van der Waals surface area contributed by atoms with Gasteiger partial charge in [-0.05, 0) is 12.0 Å². The standard InChI is InChI=1S/C15H21NO5S/c1-3-9-22(19)11-13(14(17)20-2)16-15(18)21-10-12-7-5-4-6-8-12/h4-8,13H,3,9-11H2,1-2H3,(H,16,18)/t13-,22?/m0/s1. The van der Waals surface area contributed by atoms with Crippen LogP contribution in [-0.2, 0) is 31.7 Å². The van der Waals surface area contributed by atoms with Crippen LogP contribution < -0.4 is 5.32 Å². The van der Waals surface area contributed by atoms with Crippen LogP contribution in [0.3, 0.4) is 0 Å². The minimum absolute atomic E-state index is 0.0148. The second-order valence-electron chi connectivity index (χ2n) is 4.59. The van der Waals surface area contributed by atoms with Crippen molar-refractivity contribution < 1.29 is 23.3 Å². The first-order valence-electron chi connectivity index (χ1n) is 6.96. The first-order valence-corrected chi connectivity index (χ1v) is 8.45. The van der Waals surface area contributed by atoms with Crippen molar-refractivity contribution in [2.24, 2.45) is 0 Å². The van der Waals surface area contributed by atoms with Crippen molar-refractivity contribution in [2.45, 2.75) is 26.0 Å². The van der Waals surface area contributed by atoms with Gasteiger partial charge in [0.25, 0.3) is 0 Å². The lowest BCUT2D eigenvalue weighted by Gasteiger charge is -2.16. The lowest BCUT2D eigenvalue weighted by molar-refractivity contribution is -0.142. The lowest BCUT2D eigenvalue weighted by Crippen LogP contribution is -2.45. The lowest BCUT2D eigenvalue weighted by atomic mass is 10.2. The molecule has 1 amide bonds. The van der Waals surface area contributed by atoms with Crippen LogP contribution in [0.4, 0.5) is 4.79 Å². The van der Waals surface area contributed by atoms with Gasteiger partial charge in [0.05, 0.1) is 12.9 Å². The fourth-order valence-electron chi connectivity index (χ4n) is 1.71. The Morgan fingerprint density at radius 2 is 1.95 bits per heavy atom. The summed E-state index contributed by atoms with van der Waals surface area (Å²) in [4.78, 5) is 23.4. The van der Waals surface area contributed by atoms with Gasteiger partial charge in [-0.1, -0.05) is 37.3 Å². The fraction of sp³-hybridized carbons (Fsp3) is 0.467. The summed E-state index contributed by atoms with van der Waals surface area (Å²) in [5.74, 6) is -0.157. The van der Waals surface area contributed by atoms with Crippen molar-refractivity contribution in [2.75, 3.05) is 18.6 Å². The third-order valence-electron chi connectivity index (χ3n) is 2.77. The van der Waals surface area contributed by atoms with E-state index in [0.717, 1.165) is 12.0 Å². The second kappa shape index (κ2) is 9.94. The Balaban J connectivity index is 2.51. The number of esters is 1. The Bertz CT molecular complexity index is 506. The van der Waals surface area contributed by atoms with Gasteiger partial charge in [-0.2, -0.15) is 0 Å². The van der Waals surface area contributed by atoms with Crippen LogP contribution in [0.1, 0.15) is 18.9 Å². The van der Waals surface area contributed by atoms with E-state index in [2.05, 4.69) is 10.1 Å². The molecule has 0 bridgehead atoms. The fourth-order valence-corrected chi connectivity index (χ4v) is 2.93. The Morgan fingerprint density at radius 3 is 2.55 bits per heavy atom. The number of methoxy groups -OCH3 is 1. The van der Waals surface area contributed by atoms with E-state index in [1.54, 1.807) is 0 Å². The van der Waals surface area contributed by atoms with E-state index in [0.29, 0.717) is 5.75 Å². The van der Waals surface area contributed by atoms with Gasteiger partial charge >= 0.3 is 12.1 Å². The summed E-state index contributed by atoms with van der Waals surface area (Å²) in [6, 6.07) is 8.20. The molecule has 0 saturated carbocycles. The van der Waals surface area contributed by atoms with Crippen molar-refractivity contribution in [3.05, 3.63) is 35.9 Å². The third-order valence-corrected chi connectivity index (χ3v) is 4.34. The van der Waals surface area contributed by atoms with Crippen LogP contribution >= 0.6 is 0 Å². The van der Waals surface area contributed by atoms with Crippen LogP contribution in [0.2, 0.25) is 0 Å². The molecule has 122 valence electrons. The van der Waals surface area contributed by atoms with Gasteiger partial charge in [-0.3, -0.25) is 4.21 Å². The van der Waals surface area contributed by atoms with Crippen molar-refractivity contribution in [1.82, 2.24) is 5.32 Å². The van der Waals surface area contributed by atoms with Crippen molar-refractivity contribution in [3.8, 4) is 0 Å². The van der Waals surface area contributed by atoms with Crippen LogP contribution in [0.25, 0.3) is 0 Å². The molecule has 1 rings (SSSR count).